The molecule has 1 fully saturated rings. The first-order chi connectivity index (χ1) is 15.5. The molecule has 32 heavy (non-hydrogen) atoms. The number of carbonyl (C=O) groups is 2. The molecule has 0 aromatic heterocycles. The molecular formula is C25H25NO5S. The third kappa shape index (κ3) is 7.23. The molecule has 166 valence electrons. The Morgan fingerprint density at radius 2 is 1.44 bits per heavy atom. The maximum Gasteiger partial charge on any atom is 0.328 e. The van der Waals surface area contributed by atoms with Gasteiger partial charge in [0.2, 0.25) is 0 Å². The fraction of sp³-hybridized carbons (Fsp3) is 0.200. The molecule has 1 aliphatic heterocycles. The van der Waals surface area contributed by atoms with Crippen LogP contribution in [0.15, 0.2) is 88.7 Å². The molecule has 0 spiro atoms. The van der Waals surface area contributed by atoms with E-state index in [0.717, 1.165) is 32.8 Å². The lowest BCUT2D eigenvalue weighted by molar-refractivity contribution is -0.134. The second-order valence-corrected chi connectivity index (χ2v) is 8.17. The average Bonchev–Trinajstić information content (AvgIpc) is 2.80. The molecule has 0 atom stereocenters. The van der Waals surface area contributed by atoms with Gasteiger partial charge in [-0.25, -0.2) is 9.59 Å². The summed E-state index contributed by atoms with van der Waals surface area (Å²) in [5, 5.41) is 18.2. The highest BCUT2D eigenvalue weighted by Gasteiger charge is 2.13. The van der Waals surface area contributed by atoms with Crippen molar-refractivity contribution in [2.24, 2.45) is 0 Å². The van der Waals surface area contributed by atoms with E-state index in [-0.39, 0.29) is 0 Å². The number of nitrogens with zero attached hydrogens (tertiary/aromatic N) is 1. The van der Waals surface area contributed by atoms with Gasteiger partial charge in [0.1, 0.15) is 0 Å². The van der Waals surface area contributed by atoms with Gasteiger partial charge in [0, 0.05) is 41.6 Å². The molecule has 2 N–H and O–H groups in total. The smallest absolute Gasteiger partial charge is 0.328 e. The van der Waals surface area contributed by atoms with Crippen LogP contribution in [-0.4, -0.2) is 53.4 Å². The van der Waals surface area contributed by atoms with E-state index in [4.69, 9.17) is 14.9 Å². The standard InChI is InChI=1S/C21H21NOS.C4H4O4/c1-3-9-19-17(6-1)8-5-11-21(19)24-20-10-4-2-7-18(20)16-22-12-14-23-15-13-22;5-3(6)1-2-4(7)8/h1-11H,12-16H2;1-2H,(H,5,6)(H,7,8)/b;2-1-. The minimum atomic E-state index is -1.26. The summed E-state index contributed by atoms with van der Waals surface area (Å²) in [4.78, 5) is 24.3. The Morgan fingerprint density at radius 3 is 2.16 bits per heavy atom. The summed E-state index contributed by atoms with van der Waals surface area (Å²) < 4.78 is 5.46. The first kappa shape index (κ1) is 23.5. The van der Waals surface area contributed by atoms with Crippen LogP contribution in [0, 0.1) is 0 Å². The first-order valence-electron chi connectivity index (χ1n) is 10.2. The molecule has 0 radical (unpaired) electrons. The van der Waals surface area contributed by atoms with Gasteiger partial charge in [-0.2, -0.15) is 0 Å². The van der Waals surface area contributed by atoms with Gasteiger partial charge in [-0.3, -0.25) is 4.90 Å². The zero-order valence-corrected chi connectivity index (χ0v) is 18.3. The van der Waals surface area contributed by atoms with Crippen molar-refractivity contribution in [1.82, 2.24) is 4.90 Å². The van der Waals surface area contributed by atoms with Gasteiger partial charge in [-0.15, -0.1) is 0 Å². The van der Waals surface area contributed by atoms with Crippen LogP contribution in [0.2, 0.25) is 0 Å². The molecule has 3 aromatic carbocycles. The van der Waals surface area contributed by atoms with Crippen molar-refractivity contribution in [1.29, 1.82) is 0 Å². The van der Waals surface area contributed by atoms with Crippen molar-refractivity contribution in [2.75, 3.05) is 26.3 Å². The summed E-state index contributed by atoms with van der Waals surface area (Å²) in [6, 6.07) is 23.9. The lowest BCUT2D eigenvalue weighted by Crippen LogP contribution is -2.35. The summed E-state index contributed by atoms with van der Waals surface area (Å²) >= 11 is 1.87. The molecular weight excluding hydrogens is 426 g/mol. The average molecular weight is 452 g/mol. The normalized spacial score (nSPS) is 14.1. The fourth-order valence-corrected chi connectivity index (χ4v) is 4.37. The number of fused-ring (bicyclic) bond motifs is 1. The Morgan fingerprint density at radius 1 is 0.844 bits per heavy atom. The van der Waals surface area contributed by atoms with Crippen molar-refractivity contribution >= 4 is 34.5 Å². The third-order valence-electron chi connectivity index (χ3n) is 4.81. The summed E-state index contributed by atoms with van der Waals surface area (Å²) in [7, 11) is 0. The number of hydrogen-bond donors (Lipinski definition) is 2. The molecule has 1 saturated heterocycles. The monoisotopic (exact) mass is 451 g/mol. The number of ether oxygens (including phenoxy) is 1. The number of aliphatic carboxylic acids is 2. The molecule has 6 nitrogen and oxygen atoms in total. The van der Waals surface area contributed by atoms with E-state index in [9.17, 15) is 9.59 Å². The van der Waals surface area contributed by atoms with Crippen molar-refractivity contribution < 1.29 is 24.5 Å². The first-order valence-corrected chi connectivity index (χ1v) is 11.0. The number of morpholine rings is 1. The van der Waals surface area contributed by atoms with Gasteiger partial charge in [-0.05, 0) is 28.5 Å². The Hall–Kier alpha value is -3.13. The largest absolute Gasteiger partial charge is 0.478 e. The number of rotatable bonds is 6. The predicted octanol–water partition coefficient (Wildman–Crippen LogP) is 4.54. The zero-order chi connectivity index (χ0) is 22.8. The highest BCUT2D eigenvalue weighted by molar-refractivity contribution is 7.99. The van der Waals surface area contributed by atoms with Gasteiger partial charge in [0.25, 0.3) is 0 Å². The fourth-order valence-electron chi connectivity index (χ4n) is 3.28. The summed E-state index contributed by atoms with van der Waals surface area (Å²) in [6.07, 6.45) is 1.12. The van der Waals surface area contributed by atoms with Crippen LogP contribution in [0.5, 0.6) is 0 Å². The van der Waals surface area contributed by atoms with E-state index < -0.39 is 11.9 Å². The van der Waals surface area contributed by atoms with Crippen LogP contribution in [0.3, 0.4) is 0 Å². The van der Waals surface area contributed by atoms with Crippen LogP contribution in [0.4, 0.5) is 0 Å². The SMILES string of the molecule is O=C(O)/C=C\C(=O)O.c1ccc(Sc2cccc3ccccc23)c(CN2CCOCC2)c1. The molecule has 1 heterocycles. The topological polar surface area (TPSA) is 87.1 Å². The van der Waals surface area contributed by atoms with Crippen LogP contribution in [0.25, 0.3) is 10.8 Å². The van der Waals surface area contributed by atoms with Crippen molar-refractivity contribution in [3.63, 3.8) is 0 Å². The molecule has 0 saturated carbocycles. The summed E-state index contributed by atoms with van der Waals surface area (Å²) in [6.45, 7) is 4.73. The maximum absolute atomic E-state index is 9.55. The van der Waals surface area contributed by atoms with Crippen LogP contribution >= 0.6 is 11.8 Å². The third-order valence-corrected chi connectivity index (χ3v) is 6.00. The van der Waals surface area contributed by atoms with Gasteiger partial charge in [0.15, 0.2) is 0 Å². The second kappa shape index (κ2) is 12.0. The molecule has 0 bridgehead atoms. The van der Waals surface area contributed by atoms with Gasteiger partial charge in [0.05, 0.1) is 13.2 Å². The molecule has 0 amide bonds. The zero-order valence-electron chi connectivity index (χ0n) is 17.5. The molecule has 4 rings (SSSR count). The minimum absolute atomic E-state index is 0.558. The van der Waals surface area contributed by atoms with E-state index in [1.807, 2.05) is 11.8 Å². The van der Waals surface area contributed by atoms with Gasteiger partial charge >= 0.3 is 11.9 Å². The lowest BCUT2D eigenvalue weighted by Gasteiger charge is -2.27. The van der Waals surface area contributed by atoms with Crippen molar-refractivity contribution in [2.45, 2.75) is 16.3 Å². The highest BCUT2D eigenvalue weighted by Crippen LogP contribution is 2.35. The summed E-state index contributed by atoms with van der Waals surface area (Å²) in [5.41, 5.74) is 1.40. The number of carboxylic acid groups (broad SMARTS) is 2. The summed E-state index contributed by atoms with van der Waals surface area (Å²) in [5.74, 6) is -2.51. The Balaban J connectivity index is 0.000000312. The van der Waals surface area contributed by atoms with Gasteiger partial charge in [-0.1, -0.05) is 66.4 Å². The van der Waals surface area contributed by atoms with E-state index in [1.54, 1.807) is 0 Å². The van der Waals surface area contributed by atoms with Crippen molar-refractivity contribution in [3.8, 4) is 0 Å². The molecule has 7 heteroatoms. The second-order valence-electron chi connectivity index (χ2n) is 7.09. The molecule has 3 aromatic rings. The van der Waals surface area contributed by atoms with Gasteiger partial charge < -0.3 is 14.9 Å². The van der Waals surface area contributed by atoms with E-state index in [0.29, 0.717) is 12.2 Å². The number of carboxylic acids is 2. The maximum atomic E-state index is 9.55. The van der Waals surface area contributed by atoms with Crippen molar-refractivity contribution in [3.05, 3.63) is 84.4 Å². The number of hydrogen-bond acceptors (Lipinski definition) is 5. The Bertz CT molecular complexity index is 1070. The van der Waals surface area contributed by atoms with E-state index in [2.05, 4.69) is 71.6 Å². The minimum Gasteiger partial charge on any atom is -0.478 e. The highest BCUT2D eigenvalue weighted by atomic mass is 32.2. The van der Waals surface area contributed by atoms with Crippen LogP contribution in [-0.2, 0) is 20.9 Å². The number of benzene rings is 3. The predicted molar refractivity (Wildman–Crippen MR) is 125 cm³/mol. The molecule has 0 unspecified atom stereocenters. The molecule has 1 aliphatic rings. The van der Waals surface area contributed by atoms with Crippen LogP contribution < -0.4 is 0 Å². The van der Waals surface area contributed by atoms with Crippen LogP contribution in [0.1, 0.15) is 5.56 Å². The Labute approximate surface area is 191 Å². The quantitative estimate of drug-likeness (QED) is 0.532. The van der Waals surface area contributed by atoms with E-state index in [1.165, 1.54) is 26.1 Å². The Kier molecular flexibility index (Phi) is 8.86. The van der Waals surface area contributed by atoms with E-state index >= 15 is 0 Å². The lowest BCUT2D eigenvalue weighted by atomic mass is 10.1. The molecule has 0 aliphatic carbocycles.